The van der Waals surface area contributed by atoms with Gasteiger partial charge in [0.25, 0.3) is 0 Å². The fourth-order valence-corrected chi connectivity index (χ4v) is 1.91. The topological polar surface area (TPSA) is 85.5 Å². The van der Waals surface area contributed by atoms with E-state index in [9.17, 15) is 4.79 Å². The Bertz CT molecular complexity index is 546. The zero-order valence-electron chi connectivity index (χ0n) is 9.26. The van der Waals surface area contributed by atoms with Crippen molar-refractivity contribution < 1.29 is 19.1 Å². The molecule has 0 bridgehead atoms. The first kappa shape index (κ1) is 11.7. The minimum atomic E-state index is -1.16. The second kappa shape index (κ2) is 4.64. The Balaban J connectivity index is 2.43. The SMILES string of the molecule is COCc1nc(-c2csc(C)n2)oc1C(=O)O. The highest BCUT2D eigenvalue weighted by Crippen LogP contribution is 2.24. The third-order valence-electron chi connectivity index (χ3n) is 2.01. The zero-order valence-corrected chi connectivity index (χ0v) is 10.1. The van der Waals surface area contributed by atoms with Gasteiger partial charge in [0.2, 0.25) is 11.7 Å². The van der Waals surface area contributed by atoms with E-state index in [4.69, 9.17) is 14.3 Å². The van der Waals surface area contributed by atoms with Crippen LogP contribution in [0.1, 0.15) is 21.3 Å². The molecule has 7 heteroatoms. The molecule has 0 atom stereocenters. The number of nitrogens with zero attached hydrogens (tertiary/aromatic N) is 2. The van der Waals surface area contributed by atoms with Gasteiger partial charge >= 0.3 is 5.97 Å². The standard InChI is InChI=1S/C10H10N2O4S/c1-5-11-7(4-17-5)9-12-6(3-15-2)8(16-9)10(13)14/h4H,3H2,1-2H3,(H,13,14). The van der Waals surface area contributed by atoms with Crippen molar-refractivity contribution in [1.29, 1.82) is 0 Å². The summed E-state index contributed by atoms with van der Waals surface area (Å²) in [6.45, 7) is 1.94. The van der Waals surface area contributed by atoms with Gasteiger partial charge in [0.1, 0.15) is 11.4 Å². The molecule has 0 unspecified atom stereocenters. The first-order chi connectivity index (χ1) is 8.11. The highest BCUT2D eigenvalue weighted by atomic mass is 32.1. The van der Waals surface area contributed by atoms with Crippen molar-refractivity contribution >= 4 is 17.3 Å². The van der Waals surface area contributed by atoms with Gasteiger partial charge in [-0.2, -0.15) is 0 Å². The van der Waals surface area contributed by atoms with Gasteiger partial charge in [0, 0.05) is 12.5 Å². The molecule has 0 amide bonds. The van der Waals surface area contributed by atoms with Gasteiger partial charge in [-0.25, -0.2) is 14.8 Å². The minimum absolute atomic E-state index is 0.0915. The number of hydrogen-bond donors (Lipinski definition) is 1. The number of aromatic nitrogens is 2. The van der Waals surface area contributed by atoms with Gasteiger partial charge in [0.05, 0.1) is 11.6 Å². The van der Waals surface area contributed by atoms with E-state index in [1.807, 2.05) is 6.92 Å². The molecule has 2 rings (SSSR count). The average Bonchev–Trinajstić information content (AvgIpc) is 2.85. The molecule has 0 fully saturated rings. The van der Waals surface area contributed by atoms with Gasteiger partial charge < -0.3 is 14.3 Å². The van der Waals surface area contributed by atoms with Crippen LogP contribution >= 0.6 is 11.3 Å². The Kier molecular flexibility index (Phi) is 3.21. The minimum Gasteiger partial charge on any atom is -0.475 e. The van der Waals surface area contributed by atoms with Crippen LogP contribution in [0.2, 0.25) is 0 Å². The smallest absolute Gasteiger partial charge is 0.373 e. The number of oxazole rings is 1. The number of rotatable bonds is 4. The van der Waals surface area contributed by atoms with Crippen molar-refractivity contribution in [3.63, 3.8) is 0 Å². The summed E-state index contributed by atoms with van der Waals surface area (Å²) < 4.78 is 10.1. The number of thiazole rings is 1. The normalized spacial score (nSPS) is 10.7. The summed E-state index contributed by atoms with van der Waals surface area (Å²) in [5, 5.41) is 11.6. The number of aromatic carboxylic acids is 1. The molecule has 1 N–H and O–H groups in total. The van der Waals surface area contributed by atoms with Gasteiger partial charge in [-0.3, -0.25) is 0 Å². The van der Waals surface area contributed by atoms with Crippen molar-refractivity contribution in [2.45, 2.75) is 13.5 Å². The van der Waals surface area contributed by atoms with Crippen molar-refractivity contribution in [3.05, 3.63) is 21.8 Å². The number of carboxylic acid groups (broad SMARTS) is 1. The van der Waals surface area contributed by atoms with E-state index in [0.717, 1.165) is 5.01 Å². The van der Waals surface area contributed by atoms with Crippen LogP contribution in [0.4, 0.5) is 0 Å². The molecule has 0 saturated carbocycles. The number of carboxylic acids is 1. The van der Waals surface area contributed by atoms with Crippen molar-refractivity contribution in [1.82, 2.24) is 9.97 Å². The molecule has 2 aromatic heterocycles. The molecule has 6 nitrogen and oxygen atoms in total. The summed E-state index contributed by atoms with van der Waals surface area (Å²) >= 11 is 1.45. The summed E-state index contributed by atoms with van der Waals surface area (Å²) in [7, 11) is 1.47. The predicted molar refractivity (Wildman–Crippen MR) is 60.0 cm³/mol. The third kappa shape index (κ3) is 2.34. The average molecular weight is 254 g/mol. The fraction of sp³-hybridized carbons (Fsp3) is 0.300. The van der Waals surface area contributed by atoms with E-state index in [-0.39, 0.29) is 24.0 Å². The van der Waals surface area contributed by atoms with Crippen molar-refractivity contribution in [2.75, 3.05) is 7.11 Å². The maximum Gasteiger partial charge on any atom is 0.373 e. The lowest BCUT2D eigenvalue weighted by atomic mass is 10.3. The third-order valence-corrected chi connectivity index (χ3v) is 2.78. The quantitative estimate of drug-likeness (QED) is 0.897. The molecule has 0 spiro atoms. The summed E-state index contributed by atoms with van der Waals surface area (Å²) in [4.78, 5) is 19.2. The highest BCUT2D eigenvalue weighted by Gasteiger charge is 2.21. The predicted octanol–water partition coefficient (Wildman–Crippen LogP) is 1.95. The molecule has 2 heterocycles. The van der Waals surface area contributed by atoms with Crippen LogP contribution in [0.15, 0.2) is 9.80 Å². The molecule has 17 heavy (non-hydrogen) atoms. The molecule has 0 aliphatic rings. The van der Waals surface area contributed by atoms with Gasteiger partial charge in [-0.15, -0.1) is 11.3 Å². The van der Waals surface area contributed by atoms with Crippen LogP contribution in [-0.4, -0.2) is 28.2 Å². The molecule has 0 aliphatic carbocycles. The molecule has 0 aromatic carbocycles. The molecule has 90 valence electrons. The fourth-order valence-electron chi connectivity index (χ4n) is 1.32. The lowest BCUT2D eigenvalue weighted by molar-refractivity contribution is 0.0656. The maximum atomic E-state index is 10.9. The number of aryl methyl sites for hydroxylation is 1. The lowest BCUT2D eigenvalue weighted by Crippen LogP contribution is -2.00. The Hall–Kier alpha value is -1.73. The van der Waals surface area contributed by atoms with Crippen LogP contribution in [0, 0.1) is 6.92 Å². The maximum absolute atomic E-state index is 10.9. The molecule has 0 radical (unpaired) electrons. The van der Waals surface area contributed by atoms with Crippen molar-refractivity contribution in [3.8, 4) is 11.6 Å². The zero-order chi connectivity index (χ0) is 12.4. The molecule has 0 aliphatic heterocycles. The van der Waals surface area contributed by atoms with E-state index in [1.165, 1.54) is 18.4 Å². The number of hydrogen-bond acceptors (Lipinski definition) is 6. The molecule has 2 aromatic rings. The summed E-state index contributed by atoms with van der Waals surface area (Å²) in [6, 6.07) is 0. The van der Waals surface area contributed by atoms with E-state index in [0.29, 0.717) is 5.69 Å². The number of methoxy groups -OCH3 is 1. The summed E-state index contributed by atoms with van der Waals surface area (Å²) in [6.07, 6.45) is 0. The highest BCUT2D eigenvalue weighted by molar-refractivity contribution is 7.09. The van der Waals surface area contributed by atoms with Crippen LogP contribution < -0.4 is 0 Å². The molecular formula is C10H10N2O4S. The van der Waals surface area contributed by atoms with Crippen molar-refractivity contribution in [2.24, 2.45) is 0 Å². The summed E-state index contributed by atoms with van der Waals surface area (Å²) in [5.41, 5.74) is 0.804. The second-order valence-corrected chi connectivity index (χ2v) is 4.35. The van der Waals surface area contributed by atoms with Gasteiger partial charge in [-0.05, 0) is 6.92 Å². The Labute approximate surface area is 101 Å². The van der Waals surface area contributed by atoms with Crippen LogP contribution in [0.3, 0.4) is 0 Å². The Morgan fingerprint density at radius 2 is 2.35 bits per heavy atom. The van der Waals surface area contributed by atoms with E-state index in [2.05, 4.69) is 9.97 Å². The van der Waals surface area contributed by atoms with E-state index < -0.39 is 5.97 Å². The Morgan fingerprint density at radius 1 is 1.59 bits per heavy atom. The summed E-state index contributed by atoms with van der Waals surface area (Å²) in [5.74, 6) is -1.16. The van der Waals surface area contributed by atoms with E-state index >= 15 is 0 Å². The molecular weight excluding hydrogens is 244 g/mol. The second-order valence-electron chi connectivity index (χ2n) is 3.28. The van der Waals surface area contributed by atoms with Crippen LogP contribution in [0.5, 0.6) is 0 Å². The first-order valence-corrected chi connectivity index (χ1v) is 5.64. The van der Waals surface area contributed by atoms with Gasteiger partial charge in [0.15, 0.2) is 0 Å². The first-order valence-electron chi connectivity index (χ1n) is 4.76. The van der Waals surface area contributed by atoms with Crippen LogP contribution in [-0.2, 0) is 11.3 Å². The monoisotopic (exact) mass is 254 g/mol. The molecule has 0 saturated heterocycles. The Morgan fingerprint density at radius 3 is 2.88 bits per heavy atom. The van der Waals surface area contributed by atoms with E-state index in [1.54, 1.807) is 5.38 Å². The lowest BCUT2D eigenvalue weighted by Gasteiger charge is -1.92. The largest absolute Gasteiger partial charge is 0.475 e. The van der Waals surface area contributed by atoms with Crippen LogP contribution in [0.25, 0.3) is 11.6 Å². The number of ether oxygens (including phenoxy) is 1. The number of carbonyl (C=O) groups is 1. The van der Waals surface area contributed by atoms with Gasteiger partial charge in [-0.1, -0.05) is 0 Å².